The molecule has 1 aromatic carbocycles. The Morgan fingerprint density at radius 2 is 1.76 bits per heavy atom. The van der Waals surface area contributed by atoms with Gasteiger partial charge in [-0.1, -0.05) is 33.3 Å². The lowest BCUT2D eigenvalue weighted by molar-refractivity contribution is -0.128. The maximum Gasteiger partial charge on any atom is 0.225 e. The van der Waals surface area contributed by atoms with E-state index in [9.17, 15) is 4.79 Å². The first-order valence-corrected chi connectivity index (χ1v) is 9.11. The van der Waals surface area contributed by atoms with Crippen LogP contribution in [0.5, 0.6) is 11.5 Å². The molecule has 1 aliphatic rings. The molecule has 1 heterocycles. The minimum atomic E-state index is -0.385. The average molecular weight is 348 g/mol. The molecule has 140 valence electrons. The highest BCUT2D eigenvalue weighted by Gasteiger charge is 2.26. The van der Waals surface area contributed by atoms with Gasteiger partial charge in [0.05, 0.1) is 20.3 Å². The molecule has 5 heteroatoms. The number of benzene rings is 1. The summed E-state index contributed by atoms with van der Waals surface area (Å²) in [5, 5.41) is 3.13. The second kappa shape index (κ2) is 8.56. The molecule has 0 spiro atoms. The molecule has 0 aromatic heterocycles. The molecule has 0 saturated carbocycles. The van der Waals surface area contributed by atoms with Crippen molar-refractivity contribution in [2.45, 2.75) is 46.1 Å². The Morgan fingerprint density at radius 3 is 2.32 bits per heavy atom. The normalized spacial score (nSPS) is 17.0. The lowest BCUT2D eigenvalue weighted by atomic mass is 9.95. The minimum absolute atomic E-state index is 0.0787. The molecule has 1 N–H and O–H groups in total. The van der Waals surface area contributed by atoms with Crippen LogP contribution in [-0.2, 0) is 4.79 Å². The zero-order chi connectivity index (χ0) is 18.4. The van der Waals surface area contributed by atoms with Crippen molar-refractivity contribution in [2.75, 3.05) is 33.9 Å². The van der Waals surface area contributed by atoms with Gasteiger partial charge in [0.25, 0.3) is 0 Å². The van der Waals surface area contributed by atoms with Gasteiger partial charge in [0.2, 0.25) is 5.91 Å². The number of nitrogens with zero attached hydrogens (tertiary/aromatic N) is 1. The molecule has 0 radical (unpaired) electrons. The Hall–Kier alpha value is -1.75. The fourth-order valence-electron chi connectivity index (χ4n) is 3.20. The van der Waals surface area contributed by atoms with Crippen LogP contribution in [0, 0.1) is 5.41 Å². The monoisotopic (exact) mass is 348 g/mol. The van der Waals surface area contributed by atoms with Crippen LogP contribution < -0.4 is 14.8 Å². The van der Waals surface area contributed by atoms with Crippen molar-refractivity contribution in [3.05, 3.63) is 23.8 Å². The van der Waals surface area contributed by atoms with Crippen molar-refractivity contribution in [1.29, 1.82) is 0 Å². The van der Waals surface area contributed by atoms with Gasteiger partial charge in [-0.15, -0.1) is 0 Å². The van der Waals surface area contributed by atoms with Crippen molar-refractivity contribution < 1.29 is 14.3 Å². The first kappa shape index (κ1) is 19.6. The van der Waals surface area contributed by atoms with Crippen LogP contribution in [0.4, 0.5) is 0 Å². The number of nitrogens with one attached hydrogen (secondary N) is 1. The fraction of sp³-hybridized carbons (Fsp3) is 0.650. The van der Waals surface area contributed by atoms with Crippen LogP contribution in [0.1, 0.15) is 51.6 Å². The van der Waals surface area contributed by atoms with Gasteiger partial charge < -0.3 is 14.8 Å². The number of carbonyl (C=O) groups excluding carboxylic acids is 1. The maximum atomic E-state index is 12.3. The van der Waals surface area contributed by atoms with E-state index in [4.69, 9.17) is 9.47 Å². The van der Waals surface area contributed by atoms with Gasteiger partial charge in [-0.2, -0.15) is 0 Å². The van der Waals surface area contributed by atoms with Crippen LogP contribution in [-0.4, -0.2) is 44.7 Å². The lowest BCUT2D eigenvalue weighted by Crippen LogP contribution is -2.43. The molecule has 1 unspecified atom stereocenters. The zero-order valence-electron chi connectivity index (χ0n) is 16.2. The molecular formula is C20H32N2O3. The van der Waals surface area contributed by atoms with E-state index in [1.54, 1.807) is 14.2 Å². The molecular weight excluding hydrogens is 316 g/mol. The summed E-state index contributed by atoms with van der Waals surface area (Å²) in [5.74, 6) is 1.53. The van der Waals surface area contributed by atoms with Crippen LogP contribution in [0.2, 0.25) is 0 Å². The summed E-state index contributed by atoms with van der Waals surface area (Å²) in [6.45, 7) is 8.54. The number of hydrogen-bond donors (Lipinski definition) is 1. The number of ether oxygens (including phenoxy) is 2. The number of carbonyl (C=O) groups is 1. The molecule has 1 amide bonds. The first-order chi connectivity index (χ1) is 11.9. The van der Waals surface area contributed by atoms with Crippen molar-refractivity contribution in [3.63, 3.8) is 0 Å². The van der Waals surface area contributed by atoms with E-state index < -0.39 is 0 Å². The smallest absolute Gasteiger partial charge is 0.225 e. The zero-order valence-corrected chi connectivity index (χ0v) is 16.2. The topological polar surface area (TPSA) is 50.8 Å². The van der Waals surface area contributed by atoms with E-state index in [-0.39, 0.29) is 17.4 Å². The van der Waals surface area contributed by atoms with E-state index >= 15 is 0 Å². The molecule has 1 aliphatic heterocycles. The van der Waals surface area contributed by atoms with Crippen molar-refractivity contribution in [2.24, 2.45) is 5.41 Å². The predicted molar refractivity (Wildman–Crippen MR) is 100 cm³/mol. The first-order valence-electron chi connectivity index (χ1n) is 9.11. The number of likely N-dealkylation sites (tertiary alicyclic amines) is 1. The van der Waals surface area contributed by atoms with E-state index in [0.717, 1.165) is 30.2 Å². The van der Waals surface area contributed by atoms with Gasteiger partial charge >= 0.3 is 0 Å². The Balaban J connectivity index is 2.23. The number of amides is 1. The third-order valence-electron chi connectivity index (χ3n) is 4.76. The number of methoxy groups -OCH3 is 2. The molecule has 0 aliphatic carbocycles. The highest BCUT2D eigenvalue weighted by atomic mass is 16.5. The average Bonchev–Trinajstić information content (AvgIpc) is 2.61. The highest BCUT2D eigenvalue weighted by molar-refractivity contribution is 5.81. The summed E-state index contributed by atoms with van der Waals surface area (Å²) in [6.07, 6.45) is 3.69. The Morgan fingerprint density at radius 1 is 1.12 bits per heavy atom. The van der Waals surface area contributed by atoms with Crippen LogP contribution in [0.3, 0.4) is 0 Å². The molecule has 2 rings (SSSR count). The maximum absolute atomic E-state index is 12.3. The number of rotatable bonds is 6. The van der Waals surface area contributed by atoms with Crippen LogP contribution in [0.15, 0.2) is 18.2 Å². The highest BCUT2D eigenvalue weighted by Crippen LogP contribution is 2.33. The SMILES string of the molecule is COc1ccc(C(CNC(=O)C(C)(C)C)N2CCCCC2)cc1OC. The minimum Gasteiger partial charge on any atom is -0.493 e. The van der Waals surface area contributed by atoms with E-state index in [0.29, 0.717) is 6.54 Å². The largest absolute Gasteiger partial charge is 0.493 e. The van der Waals surface area contributed by atoms with Gasteiger partial charge in [-0.05, 0) is 43.6 Å². The molecule has 25 heavy (non-hydrogen) atoms. The van der Waals surface area contributed by atoms with Crippen molar-refractivity contribution >= 4 is 5.91 Å². The van der Waals surface area contributed by atoms with Gasteiger partial charge in [0.1, 0.15) is 0 Å². The number of piperidine rings is 1. The second-order valence-electron chi connectivity index (χ2n) is 7.69. The Bertz CT molecular complexity index is 575. The molecule has 1 atom stereocenters. The molecule has 1 aromatic rings. The van der Waals surface area contributed by atoms with E-state index in [1.165, 1.54) is 19.3 Å². The fourth-order valence-corrected chi connectivity index (χ4v) is 3.20. The third-order valence-corrected chi connectivity index (χ3v) is 4.76. The van der Waals surface area contributed by atoms with E-state index in [1.807, 2.05) is 32.9 Å². The summed E-state index contributed by atoms with van der Waals surface area (Å²) in [7, 11) is 3.29. The molecule has 1 saturated heterocycles. The quantitative estimate of drug-likeness (QED) is 0.856. The summed E-state index contributed by atoms with van der Waals surface area (Å²) >= 11 is 0. The van der Waals surface area contributed by atoms with Crippen molar-refractivity contribution in [1.82, 2.24) is 10.2 Å². The standard InChI is InChI=1S/C20H32N2O3/c1-20(2,3)19(23)21-14-16(22-11-7-6-8-12-22)15-9-10-17(24-4)18(13-15)25-5/h9-10,13,16H,6-8,11-12,14H2,1-5H3,(H,21,23). The van der Waals surface area contributed by atoms with Crippen LogP contribution in [0.25, 0.3) is 0 Å². The van der Waals surface area contributed by atoms with Gasteiger partial charge in [-0.3, -0.25) is 9.69 Å². The molecule has 5 nitrogen and oxygen atoms in total. The van der Waals surface area contributed by atoms with Gasteiger partial charge in [0, 0.05) is 12.0 Å². The molecule has 0 bridgehead atoms. The third kappa shape index (κ3) is 5.11. The number of hydrogen-bond acceptors (Lipinski definition) is 4. The predicted octanol–water partition coefficient (Wildman–Crippen LogP) is 3.39. The second-order valence-corrected chi connectivity index (χ2v) is 7.69. The summed E-state index contributed by atoms with van der Waals surface area (Å²) in [5.41, 5.74) is 0.762. The summed E-state index contributed by atoms with van der Waals surface area (Å²) in [4.78, 5) is 14.8. The summed E-state index contributed by atoms with van der Waals surface area (Å²) in [6, 6.07) is 6.19. The lowest BCUT2D eigenvalue weighted by Gasteiger charge is -2.35. The van der Waals surface area contributed by atoms with Gasteiger partial charge in [-0.25, -0.2) is 0 Å². The van der Waals surface area contributed by atoms with E-state index in [2.05, 4.69) is 16.3 Å². The summed E-state index contributed by atoms with van der Waals surface area (Å²) < 4.78 is 10.8. The van der Waals surface area contributed by atoms with Crippen LogP contribution >= 0.6 is 0 Å². The van der Waals surface area contributed by atoms with Gasteiger partial charge in [0.15, 0.2) is 11.5 Å². The van der Waals surface area contributed by atoms with Crippen molar-refractivity contribution in [3.8, 4) is 11.5 Å². The Labute approximate surface area is 151 Å². The Kier molecular flexibility index (Phi) is 6.71. The molecule has 1 fully saturated rings.